The van der Waals surface area contributed by atoms with Gasteiger partial charge in [-0.3, -0.25) is 4.79 Å². The summed E-state index contributed by atoms with van der Waals surface area (Å²) in [6.45, 7) is 1.86. The fourth-order valence-electron chi connectivity index (χ4n) is 1.87. The van der Waals surface area contributed by atoms with Gasteiger partial charge in [0.2, 0.25) is 5.78 Å². The summed E-state index contributed by atoms with van der Waals surface area (Å²) in [4.78, 5) is 12.3. The third-order valence-corrected chi connectivity index (χ3v) is 3.29. The smallest absolute Gasteiger partial charge is 0.203 e. The zero-order valence-corrected chi connectivity index (χ0v) is 12.6. The molecule has 0 aliphatic heterocycles. The molecular formula is C16H14BrFO2. The van der Waals surface area contributed by atoms with Crippen LogP contribution in [-0.4, -0.2) is 11.9 Å². The van der Waals surface area contributed by atoms with E-state index in [1.807, 2.05) is 13.0 Å². The molecule has 2 aromatic carbocycles. The Morgan fingerprint density at radius 1 is 1.25 bits per heavy atom. The predicted molar refractivity (Wildman–Crippen MR) is 79.6 cm³/mol. The van der Waals surface area contributed by atoms with E-state index in [9.17, 15) is 9.18 Å². The Kier molecular flexibility index (Phi) is 4.90. The average Bonchev–Trinajstić information content (AvgIpc) is 2.44. The van der Waals surface area contributed by atoms with Crippen molar-refractivity contribution in [2.75, 3.05) is 0 Å². The molecule has 0 aliphatic carbocycles. The molecule has 0 aromatic heterocycles. The van der Waals surface area contributed by atoms with E-state index in [2.05, 4.69) is 15.9 Å². The molecule has 2 rings (SSSR count). The lowest BCUT2D eigenvalue weighted by atomic mass is 10.0. The second kappa shape index (κ2) is 6.66. The maximum Gasteiger partial charge on any atom is 0.203 e. The number of hydrogen-bond donors (Lipinski definition) is 0. The van der Waals surface area contributed by atoms with Gasteiger partial charge >= 0.3 is 0 Å². The SMILES string of the molecule is CCC(Oc1cc(F)cc(Br)c1)C(=O)c1ccccc1. The van der Waals surface area contributed by atoms with Gasteiger partial charge in [-0.25, -0.2) is 4.39 Å². The molecule has 0 fully saturated rings. The summed E-state index contributed by atoms with van der Waals surface area (Å²) in [5, 5.41) is 0. The molecule has 2 aromatic rings. The molecule has 20 heavy (non-hydrogen) atoms. The second-order valence-electron chi connectivity index (χ2n) is 4.35. The number of ether oxygens (including phenoxy) is 1. The Morgan fingerprint density at radius 3 is 2.55 bits per heavy atom. The van der Waals surface area contributed by atoms with Gasteiger partial charge in [0.1, 0.15) is 11.6 Å². The molecule has 0 heterocycles. The number of benzene rings is 2. The Bertz CT molecular complexity index is 578. The van der Waals surface area contributed by atoms with Crippen LogP contribution in [0.15, 0.2) is 53.0 Å². The zero-order chi connectivity index (χ0) is 14.5. The highest BCUT2D eigenvalue weighted by Crippen LogP contribution is 2.23. The number of carbonyl (C=O) groups excluding carboxylic acids is 1. The number of halogens is 2. The van der Waals surface area contributed by atoms with Crippen LogP contribution in [0, 0.1) is 5.82 Å². The lowest BCUT2D eigenvalue weighted by Crippen LogP contribution is -2.26. The van der Waals surface area contributed by atoms with Gasteiger partial charge in [0.05, 0.1) is 0 Å². The topological polar surface area (TPSA) is 26.3 Å². The van der Waals surface area contributed by atoms with Crippen LogP contribution in [0.25, 0.3) is 0 Å². The zero-order valence-electron chi connectivity index (χ0n) is 11.0. The third-order valence-electron chi connectivity index (χ3n) is 2.84. The fourth-order valence-corrected chi connectivity index (χ4v) is 2.32. The molecule has 4 heteroatoms. The summed E-state index contributed by atoms with van der Waals surface area (Å²) in [7, 11) is 0. The Morgan fingerprint density at radius 2 is 1.95 bits per heavy atom. The summed E-state index contributed by atoms with van der Waals surface area (Å²) in [6.07, 6.45) is -0.104. The monoisotopic (exact) mass is 336 g/mol. The molecule has 0 amide bonds. The highest BCUT2D eigenvalue weighted by molar-refractivity contribution is 9.10. The van der Waals surface area contributed by atoms with E-state index in [4.69, 9.17) is 4.74 Å². The van der Waals surface area contributed by atoms with Crippen molar-refractivity contribution in [2.45, 2.75) is 19.4 Å². The minimum Gasteiger partial charge on any atom is -0.482 e. The Labute approximate surface area is 125 Å². The van der Waals surface area contributed by atoms with Crippen LogP contribution in [0.4, 0.5) is 4.39 Å². The lowest BCUT2D eigenvalue weighted by molar-refractivity contribution is 0.0786. The summed E-state index contributed by atoms with van der Waals surface area (Å²) in [6, 6.07) is 13.2. The van der Waals surface area contributed by atoms with Gasteiger partial charge in [-0.2, -0.15) is 0 Å². The van der Waals surface area contributed by atoms with Gasteiger partial charge in [0, 0.05) is 16.1 Å². The maximum atomic E-state index is 13.3. The van der Waals surface area contributed by atoms with Crippen molar-refractivity contribution in [1.29, 1.82) is 0 Å². The summed E-state index contributed by atoms with van der Waals surface area (Å²) in [5.74, 6) is -0.169. The van der Waals surface area contributed by atoms with Crippen molar-refractivity contribution in [2.24, 2.45) is 0 Å². The minimum absolute atomic E-state index is 0.103. The molecule has 0 spiro atoms. The molecule has 0 aliphatic rings. The molecule has 0 saturated heterocycles. The van der Waals surface area contributed by atoms with Gasteiger partial charge in [0.25, 0.3) is 0 Å². The normalized spacial score (nSPS) is 11.9. The van der Waals surface area contributed by atoms with Crippen molar-refractivity contribution in [3.05, 3.63) is 64.4 Å². The Hall–Kier alpha value is -1.68. The molecule has 104 valence electrons. The number of hydrogen-bond acceptors (Lipinski definition) is 2. The van der Waals surface area contributed by atoms with E-state index >= 15 is 0 Å². The number of carbonyl (C=O) groups is 1. The number of ketones is 1. The van der Waals surface area contributed by atoms with Crippen LogP contribution in [-0.2, 0) is 0 Å². The molecule has 1 unspecified atom stereocenters. The minimum atomic E-state index is -0.619. The standard InChI is InChI=1S/C16H14BrFO2/c1-2-15(16(19)11-6-4-3-5-7-11)20-14-9-12(17)8-13(18)10-14/h3-10,15H,2H2,1H3. The molecule has 0 saturated carbocycles. The lowest BCUT2D eigenvalue weighted by Gasteiger charge is -2.16. The number of Topliss-reactive ketones (excluding diaryl/α,β-unsaturated/α-hetero) is 1. The van der Waals surface area contributed by atoms with Gasteiger partial charge in [0.15, 0.2) is 6.10 Å². The molecule has 0 N–H and O–H groups in total. The van der Waals surface area contributed by atoms with E-state index in [0.29, 0.717) is 22.2 Å². The molecule has 0 radical (unpaired) electrons. The molecule has 1 atom stereocenters. The third kappa shape index (κ3) is 3.67. The second-order valence-corrected chi connectivity index (χ2v) is 5.27. The van der Waals surface area contributed by atoms with Crippen molar-refractivity contribution in [1.82, 2.24) is 0 Å². The maximum absolute atomic E-state index is 13.3. The highest BCUT2D eigenvalue weighted by Gasteiger charge is 2.20. The fraction of sp³-hybridized carbons (Fsp3) is 0.188. The molecule has 2 nitrogen and oxygen atoms in total. The van der Waals surface area contributed by atoms with Crippen LogP contribution in [0.1, 0.15) is 23.7 Å². The summed E-state index contributed by atoms with van der Waals surface area (Å²) in [5.41, 5.74) is 0.592. The number of rotatable bonds is 5. The first kappa shape index (κ1) is 14.7. The van der Waals surface area contributed by atoms with E-state index in [1.165, 1.54) is 12.1 Å². The van der Waals surface area contributed by atoms with Crippen molar-refractivity contribution >= 4 is 21.7 Å². The van der Waals surface area contributed by atoms with Gasteiger partial charge in [-0.1, -0.05) is 53.2 Å². The van der Waals surface area contributed by atoms with E-state index in [-0.39, 0.29) is 5.78 Å². The average molecular weight is 337 g/mol. The summed E-state index contributed by atoms with van der Waals surface area (Å²) < 4.78 is 19.5. The van der Waals surface area contributed by atoms with Crippen molar-refractivity contribution in [3.63, 3.8) is 0 Å². The van der Waals surface area contributed by atoms with Gasteiger partial charge < -0.3 is 4.74 Å². The van der Waals surface area contributed by atoms with Crippen LogP contribution in [0.3, 0.4) is 0 Å². The Balaban J connectivity index is 2.18. The van der Waals surface area contributed by atoms with E-state index in [0.717, 1.165) is 0 Å². The van der Waals surface area contributed by atoms with E-state index in [1.54, 1.807) is 30.3 Å². The van der Waals surface area contributed by atoms with Crippen LogP contribution >= 0.6 is 15.9 Å². The highest BCUT2D eigenvalue weighted by atomic mass is 79.9. The predicted octanol–water partition coefficient (Wildman–Crippen LogP) is 4.63. The van der Waals surface area contributed by atoms with Gasteiger partial charge in [-0.05, 0) is 18.6 Å². The molecule has 0 bridgehead atoms. The first-order valence-electron chi connectivity index (χ1n) is 6.32. The first-order valence-corrected chi connectivity index (χ1v) is 7.11. The van der Waals surface area contributed by atoms with E-state index < -0.39 is 11.9 Å². The summed E-state index contributed by atoms with van der Waals surface area (Å²) >= 11 is 3.20. The van der Waals surface area contributed by atoms with Crippen LogP contribution in [0.5, 0.6) is 5.75 Å². The van der Waals surface area contributed by atoms with Gasteiger partial charge in [-0.15, -0.1) is 0 Å². The van der Waals surface area contributed by atoms with Crippen molar-refractivity contribution in [3.8, 4) is 5.75 Å². The quantitative estimate of drug-likeness (QED) is 0.744. The van der Waals surface area contributed by atoms with Crippen molar-refractivity contribution < 1.29 is 13.9 Å². The first-order chi connectivity index (χ1) is 9.60. The largest absolute Gasteiger partial charge is 0.482 e. The van der Waals surface area contributed by atoms with Crippen LogP contribution in [0.2, 0.25) is 0 Å². The molecular weight excluding hydrogens is 323 g/mol. The van der Waals surface area contributed by atoms with Crippen LogP contribution < -0.4 is 4.74 Å².